The smallest absolute Gasteiger partial charge is 0.317 e. The first-order valence-electron chi connectivity index (χ1n) is 8.03. The molecule has 24 heavy (non-hydrogen) atoms. The molecule has 0 aromatic heterocycles. The summed E-state index contributed by atoms with van der Waals surface area (Å²) in [4.78, 5) is 44.3. The number of carboxylic acids is 4. The molecule has 0 aromatic rings. The standard InChI is InChI=1S/C16H24O8/c1-8-2-3-9(6-11(13(17)18)14(19)20)5-10(4-8)7-12(15(21)22)16(23)24/h8-12H,2-7H2,1H3,(H,17,18)(H,19,20)(H,21,22)(H,23,24). The lowest BCUT2D eigenvalue weighted by atomic mass is 9.82. The zero-order valence-corrected chi connectivity index (χ0v) is 13.6. The molecule has 0 radical (unpaired) electrons. The molecule has 0 amide bonds. The average molecular weight is 344 g/mol. The fourth-order valence-corrected chi connectivity index (χ4v) is 3.58. The van der Waals surface area contributed by atoms with Crippen LogP contribution in [0.15, 0.2) is 0 Å². The van der Waals surface area contributed by atoms with Crippen LogP contribution >= 0.6 is 0 Å². The van der Waals surface area contributed by atoms with Crippen LogP contribution in [0.1, 0.15) is 45.4 Å². The van der Waals surface area contributed by atoms with E-state index in [9.17, 15) is 19.2 Å². The zero-order chi connectivity index (χ0) is 18.4. The van der Waals surface area contributed by atoms with Gasteiger partial charge in [0.2, 0.25) is 0 Å². The van der Waals surface area contributed by atoms with E-state index in [0.29, 0.717) is 19.3 Å². The maximum atomic E-state index is 11.1. The molecule has 8 nitrogen and oxygen atoms in total. The summed E-state index contributed by atoms with van der Waals surface area (Å²) in [5.74, 6) is -8.59. The molecule has 0 spiro atoms. The van der Waals surface area contributed by atoms with Gasteiger partial charge in [0.1, 0.15) is 0 Å². The Morgan fingerprint density at radius 1 is 0.750 bits per heavy atom. The van der Waals surface area contributed by atoms with Crippen LogP contribution in [0.25, 0.3) is 0 Å². The maximum Gasteiger partial charge on any atom is 0.317 e. The summed E-state index contributed by atoms with van der Waals surface area (Å²) in [6.07, 6.45) is 2.54. The van der Waals surface area contributed by atoms with Gasteiger partial charge in [0.05, 0.1) is 0 Å². The van der Waals surface area contributed by atoms with Crippen LogP contribution < -0.4 is 0 Å². The Bertz CT molecular complexity index is 472. The Morgan fingerprint density at radius 3 is 1.58 bits per heavy atom. The molecule has 0 aliphatic heterocycles. The molecule has 0 bridgehead atoms. The van der Waals surface area contributed by atoms with Gasteiger partial charge < -0.3 is 20.4 Å². The van der Waals surface area contributed by atoms with Crippen LogP contribution in [-0.4, -0.2) is 44.3 Å². The van der Waals surface area contributed by atoms with E-state index in [-0.39, 0.29) is 30.6 Å². The normalized spacial score (nSPS) is 24.5. The Labute approximate surface area is 139 Å². The van der Waals surface area contributed by atoms with Crippen molar-refractivity contribution < 1.29 is 39.6 Å². The fraction of sp³-hybridized carbons (Fsp3) is 0.750. The number of rotatable bonds is 8. The summed E-state index contributed by atoms with van der Waals surface area (Å²) in [7, 11) is 0. The maximum absolute atomic E-state index is 11.1. The Balaban J connectivity index is 2.83. The average Bonchev–Trinajstić information content (AvgIpc) is 2.62. The summed E-state index contributed by atoms with van der Waals surface area (Å²) in [5.41, 5.74) is 0. The van der Waals surface area contributed by atoms with Crippen molar-refractivity contribution in [3.05, 3.63) is 0 Å². The highest BCUT2D eigenvalue weighted by molar-refractivity contribution is 5.93. The van der Waals surface area contributed by atoms with Crippen molar-refractivity contribution in [2.45, 2.75) is 45.4 Å². The van der Waals surface area contributed by atoms with E-state index < -0.39 is 35.7 Å². The number of hydrogen-bond acceptors (Lipinski definition) is 4. The first-order valence-corrected chi connectivity index (χ1v) is 8.03. The molecule has 4 N–H and O–H groups in total. The lowest BCUT2D eigenvalue weighted by Gasteiger charge is -2.23. The molecule has 0 saturated heterocycles. The predicted molar refractivity (Wildman–Crippen MR) is 81.4 cm³/mol. The van der Waals surface area contributed by atoms with Gasteiger partial charge in [-0.25, -0.2) is 0 Å². The molecule has 0 heterocycles. The molecule has 136 valence electrons. The van der Waals surface area contributed by atoms with E-state index in [1.165, 1.54) is 0 Å². The van der Waals surface area contributed by atoms with Gasteiger partial charge in [0.25, 0.3) is 0 Å². The Morgan fingerprint density at radius 2 is 1.17 bits per heavy atom. The molecule has 0 aromatic carbocycles. The molecular formula is C16H24O8. The van der Waals surface area contributed by atoms with Crippen molar-refractivity contribution in [1.29, 1.82) is 0 Å². The molecule has 1 fully saturated rings. The van der Waals surface area contributed by atoms with E-state index in [2.05, 4.69) is 0 Å². The van der Waals surface area contributed by atoms with Crippen LogP contribution in [0.4, 0.5) is 0 Å². The van der Waals surface area contributed by atoms with Gasteiger partial charge in [-0.2, -0.15) is 0 Å². The first-order chi connectivity index (χ1) is 11.1. The van der Waals surface area contributed by atoms with Gasteiger partial charge in [0.15, 0.2) is 11.8 Å². The van der Waals surface area contributed by atoms with Crippen LogP contribution in [0, 0.1) is 29.6 Å². The minimum Gasteiger partial charge on any atom is -0.481 e. The minimum atomic E-state index is -1.49. The van der Waals surface area contributed by atoms with Gasteiger partial charge in [0, 0.05) is 0 Å². The van der Waals surface area contributed by atoms with E-state index in [0.717, 1.165) is 6.42 Å². The SMILES string of the molecule is CC1CCC(CC(C(=O)O)C(=O)O)CC(CC(C(=O)O)C(=O)O)C1. The predicted octanol–water partition coefficient (Wildman–Crippen LogP) is 1.78. The third-order valence-corrected chi connectivity index (χ3v) is 4.80. The van der Waals surface area contributed by atoms with Crippen molar-refractivity contribution in [1.82, 2.24) is 0 Å². The van der Waals surface area contributed by atoms with Gasteiger partial charge in [-0.1, -0.05) is 19.8 Å². The molecule has 1 aliphatic rings. The molecule has 1 saturated carbocycles. The highest BCUT2D eigenvalue weighted by Gasteiger charge is 2.35. The molecule has 8 heteroatoms. The topological polar surface area (TPSA) is 149 Å². The third-order valence-electron chi connectivity index (χ3n) is 4.80. The lowest BCUT2D eigenvalue weighted by Crippen LogP contribution is -2.28. The monoisotopic (exact) mass is 344 g/mol. The van der Waals surface area contributed by atoms with Crippen LogP contribution in [0.2, 0.25) is 0 Å². The number of aliphatic carboxylic acids is 4. The van der Waals surface area contributed by atoms with E-state index in [4.69, 9.17) is 20.4 Å². The van der Waals surface area contributed by atoms with Crippen molar-refractivity contribution in [2.75, 3.05) is 0 Å². The van der Waals surface area contributed by atoms with Gasteiger partial charge in [-0.15, -0.1) is 0 Å². The van der Waals surface area contributed by atoms with Crippen molar-refractivity contribution in [2.24, 2.45) is 29.6 Å². The highest BCUT2D eigenvalue weighted by Crippen LogP contribution is 2.37. The number of hydrogen-bond donors (Lipinski definition) is 4. The van der Waals surface area contributed by atoms with Crippen molar-refractivity contribution in [3.8, 4) is 0 Å². The quantitative estimate of drug-likeness (QED) is 0.384. The minimum absolute atomic E-state index is 0.0152. The Kier molecular flexibility index (Phi) is 7.18. The van der Waals surface area contributed by atoms with E-state index >= 15 is 0 Å². The van der Waals surface area contributed by atoms with Gasteiger partial charge in [-0.05, 0) is 43.4 Å². The number of carboxylic acid groups (broad SMARTS) is 4. The summed E-state index contributed by atoms with van der Waals surface area (Å²) in [6, 6.07) is 0. The van der Waals surface area contributed by atoms with E-state index in [1.807, 2.05) is 6.92 Å². The second kappa shape index (κ2) is 8.65. The number of carbonyl (C=O) groups is 4. The van der Waals surface area contributed by atoms with E-state index in [1.54, 1.807) is 0 Å². The second-order valence-corrected chi connectivity index (χ2v) is 6.82. The fourth-order valence-electron chi connectivity index (χ4n) is 3.58. The Hall–Kier alpha value is -2.12. The largest absolute Gasteiger partial charge is 0.481 e. The van der Waals surface area contributed by atoms with Crippen LogP contribution in [0.3, 0.4) is 0 Å². The third kappa shape index (κ3) is 5.82. The van der Waals surface area contributed by atoms with Crippen LogP contribution in [-0.2, 0) is 19.2 Å². The summed E-state index contributed by atoms with van der Waals surface area (Å²) in [6.45, 7) is 1.98. The zero-order valence-electron chi connectivity index (χ0n) is 13.6. The molecule has 3 atom stereocenters. The summed E-state index contributed by atoms with van der Waals surface area (Å²) >= 11 is 0. The lowest BCUT2D eigenvalue weighted by molar-refractivity contribution is -0.156. The second-order valence-electron chi connectivity index (χ2n) is 6.82. The summed E-state index contributed by atoms with van der Waals surface area (Å²) < 4.78 is 0. The molecule has 1 aliphatic carbocycles. The molecular weight excluding hydrogens is 320 g/mol. The van der Waals surface area contributed by atoms with Crippen molar-refractivity contribution >= 4 is 23.9 Å². The van der Waals surface area contributed by atoms with Crippen LogP contribution in [0.5, 0.6) is 0 Å². The molecule has 3 unspecified atom stereocenters. The van der Waals surface area contributed by atoms with Crippen molar-refractivity contribution in [3.63, 3.8) is 0 Å². The van der Waals surface area contributed by atoms with Gasteiger partial charge in [-0.3, -0.25) is 19.2 Å². The highest BCUT2D eigenvalue weighted by atomic mass is 16.4. The molecule has 1 rings (SSSR count). The summed E-state index contributed by atoms with van der Waals surface area (Å²) in [5, 5.41) is 36.1. The van der Waals surface area contributed by atoms with Gasteiger partial charge >= 0.3 is 23.9 Å². The first kappa shape index (κ1) is 19.9.